The van der Waals surface area contributed by atoms with Gasteiger partial charge in [-0.15, -0.1) is 53.6 Å². The van der Waals surface area contributed by atoms with Gasteiger partial charge in [-0.3, -0.25) is 4.98 Å². The molecule has 0 aliphatic carbocycles. The largest absolute Gasteiger partial charge is 0.500 e. The van der Waals surface area contributed by atoms with Crippen molar-refractivity contribution in [3.05, 3.63) is 198 Å². The number of pyridine rings is 1. The van der Waals surface area contributed by atoms with Gasteiger partial charge < -0.3 is 14.0 Å². The predicted molar refractivity (Wildman–Crippen MR) is 268 cm³/mol. The molecule has 0 spiro atoms. The van der Waals surface area contributed by atoms with Gasteiger partial charge in [0.25, 0.3) is 0 Å². The van der Waals surface area contributed by atoms with Crippen LogP contribution in [0.3, 0.4) is 0 Å². The summed E-state index contributed by atoms with van der Waals surface area (Å²) < 4.78 is 56.9. The molecule has 5 heteroatoms. The second-order valence-electron chi connectivity index (χ2n) is 18.0. The molecule has 0 saturated heterocycles. The van der Waals surface area contributed by atoms with Crippen molar-refractivity contribution < 1.29 is 32.7 Å². The van der Waals surface area contributed by atoms with Crippen LogP contribution in [0.4, 0.5) is 0 Å². The molecule has 0 saturated carbocycles. The summed E-state index contributed by atoms with van der Waals surface area (Å²) in [7, 11) is 0. The fourth-order valence-electron chi connectivity index (χ4n) is 8.49. The molecule has 10 rings (SSSR count). The summed E-state index contributed by atoms with van der Waals surface area (Å²) in [6, 6.07) is 56.2. The van der Waals surface area contributed by atoms with E-state index < -0.39 is 13.7 Å². The molecule has 4 nitrogen and oxygen atoms in total. The van der Waals surface area contributed by atoms with Gasteiger partial charge in [0, 0.05) is 45.6 Å². The predicted octanol–water partition coefficient (Wildman–Crippen LogP) is 16.4. The third kappa shape index (κ3) is 8.88. The molecule has 0 bridgehead atoms. The smallest absolute Gasteiger partial charge is 0.124 e. The van der Waals surface area contributed by atoms with Crippen LogP contribution < -0.4 is 0 Å². The van der Waals surface area contributed by atoms with Crippen LogP contribution in [0, 0.1) is 25.8 Å². The number of benzene rings is 7. The molecule has 0 N–H and O–H groups in total. The summed E-state index contributed by atoms with van der Waals surface area (Å²) in [5, 5.41) is 1.58. The van der Waals surface area contributed by atoms with Crippen molar-refractivity contribution in [2.24, 2.45) is 0 Å². The molecule has 3 heterocycles. The zero-order valence-electron chi connectivity index (χ0n) is 43.7. The van der Waals surface area contributed by atoms with Gasteiger partial charge in [-0.1, -0.05) is 157 Å². The molecule has 65 heavy (non-hydrogen) atoms. The summed E-state index contributed by atoms with van der Waals surface area (Å²) >= 11 is 0. The summed E-state index contributed by atoms with van der Waals surface area (Å²) in [5.41, 5.74) is 14.2. The molecule has 0 unspecified atom stereocenters. The SMILES string of the molecule is [2H]C([2H])([2H])c1c(-c2ccccc2)ccc2c1oc1c(-c3nc4ccccc4n3-c3c(C(C)C)cc(-c4ccccc4)cc3C(C)C)[c-]ccc12.[2H]C([2H])([2H])c1c[c-]c(-c2cc(C(C)(C)C)ccn2)cc1.[Ir]. The van der Waals surface area contributed by atoms with Crippen molar-refractivity contribution in [3.63, 3.8) is 0 Å². The molecular formula is C60H55IrN3O-2. The van der Waals surface area contributed by atoms with Gasteiger partial charge in [-0.05, 0) is 105 Å². The Morgan fingerprint density at radius 3 is 1.98 bits per heavy atom. The van der Waals surface area contributed by atoms with Crippen molar-refractivity contribution in [1.29, 1.82) is 0 Å². The summed E-state index contributed by atoms with van der Waals surface area (Å²) in [6.07, 6.45) is 1.78. The first-order valence-electron chi connectivity index (χ1n) is 25.0. The zero-order valence-corrected chi connectivity index (χ0v) is 40.1. The van der Waals surface area contributed by atoms with Crippen LogP contribution in [0.1, 0.15) is 96.3 Å². The van der Waals surface area contributed by atoms with Gasteiger partial charge in [0.2, 0.25) is 0 Å². The molecule has 0 aliphatic rings. The number of nitrogens with zero attached hydrogens (tertiary/aromatic N) is 3. The van der Waals surface area contributed by atoms with Gasteiger partial charge in [0.05, 0.1) is 22.4 Å². The standard InChI is InChI=1S/C44H37N2O.C16H18N.Ir/c1-27(2)37-25-32(30-15-8-6-9-16-30)26-38(28(3)4)41(37)46-40-22-13-12-21-39(40)45-44(46)36-20-14-19-34-35-24-23-33(31-17-10-7-11-18-31)29(5)42(35)47-43(34)36;1-12-5-7-13(8-6-12)15-11-14(9-10-17-15)16(2,3)4;/h6-19,21-28H,1-5H3;5-7,9-11H,1-4H3;/q2*-1;/i5D3;1D3;. The van der Waals surface area contributed by atoms with Crippen LogP contribution in [0.25, 0.3) is 83.6 Å². The molecule has 0 amide bonds. The molecule has 7 aromatic carbocycles. The summed E-state index contributed by atoms with van der Waals surface area (Å²) in [4.78, 5) is 9.60. The Bertz CT molecular complexity index is 3470. The maximum absolute atomic E-state index is 8.61. The molecule has 0 fully saturated rings. The first kappa shape index (κ1) is 37.9. The number of aryl methyl sites for hydroxylation is 2. The molecule has 10 aromatic rings. The minimum absolute atomic E-state index is 0. The molecular weight excluding hydrogens is 971 g/mol. The monoisotopic (exact) mass is 1030 g/mol. The van der Waals surface area contributed by atoms with Crippen LogP contribution in [0.2, 0.25) is 0 Å². The Kier molecular flexibility index (Phi) is 10.9. The second kappa shape index (κ2) is 18.6. The van der Waals surface area contributed by atoms with Crippen LogP contribution in [0.15, 0.2) is 162 Å². The average Bonchev–Trinajstić information content (AvgIpc) is 3.92. The third-order valence-corrected chi connectivity index (χ3v) is 11.9. The van der Waals surface area contributed by atoms with Gasteiger partial charge in [-0.2, -0.15) is 0 Å². The maximum Gasteiger partial charge on any atom is 0.124 e. The van der Waals surface area contributed by atoms with E-state index in [1.807, 2.05) is 91.0 Å². The van der Waals surface area contributed by atoms with Gasteiger partial charge >= 0.3 is 0 Å². The number of para-hydroxylation sites is 2. The van der Waals surface area contributed by atoms with E-state index >= 15 is 0 Å². The normalized spacial score (nSPS) is 13.4. The van der Waals surface area contributed by atoms with Gasteiger partial charge in [0.15, 0.2) is 0 Å². The van der Waals surface area contributed by atoms with E-state index in [9.17, 15) is 0 Å². The third-order valence-electron chi connectivity index (χ3n) is 11.9. The fraction of sp³-hybridized carbons (Fsp3) is 0.200. The van der Waals surface area contributed by atoms with Crippen molar-refractivity contribution in [3.8, 4) is 50.6 Å². The molecule has 3 aromatic heterocycles. The van der Waals surface area contributed by atoms with Gasteiger partial charge in [-0.25, -0.2) is 0 Å². The van der Waals surface area contributed by atoms with E-state index in [2.05, 4.69) is 113 Å². The number of furan rings is 1. The first-order valence-corrected chi connectivity index (χ1v) is 22.0. The number of imidazole rings is 1. The topological polar surface area (TPSA) is 43.9 Å². The number of aromatic nitrogens is 3. The average molecular weight is 1030 g/mol. The Morgan fingerprint density at radius 1 is 0.662 bits per heavy atom. The molecule has 327 valence electrons. The minimum atomic E-state index is -2.41. The number of rotatable bonds is 7. The van der Waals surface area contributed by atoms with E-state index in [1.54, 1.807) is 18.3 Å². The van der Waals surface area contributed by atoms with Crippen molar-refractivity contribution >= 4 is 33.0 Å². The van der Waals surface area contributed by atoms with Crippen LogP contribution >= 0.6 is 0 Å². The van der Waals surface area contributed by atoms with Crippen molar-refractivity contribution in [1.82, 2.24) is 14.5 Å². The van der Waals surface area contributed by atoms with E-state index in [4.69, 9.17) is 17.6 Å². The van der Waals surface area contributed by atoms with Crippen molar-refractivity contribution in [2.45, 2.75) is 79.4 Å². The first-order chi connectivity index (χ1) is 33.3. The Hall–Kier alpha value is -6.39. The summed E-state index contributed by atoms with van der Waals surface area (Å²) in [5.74, 6) is 1.12. The number of fused-ring (bicyclic) bond motifs is 4. The van der Waals surface area contributed by atoms with Crippen molar-refractivity contribution in [2.75, 3.05) is 0 Å². The van der Waals surface area contributed by atoms with Crippen LogP contribution in [-0.4, -0.2) is 14.5 Å². The molecule has 1 radical (unpaired) electrons. The fourth-order valence-corrected chi connectivity index (χ4v) is 8.49. The number of hydrogen-bond donors (Lipinski definition) is 0. The quantitative estimate of drug-likeness (QED) is 0.149. The summed E-state index contributed by atoms with van der Waals surface area (Å²) in [6.45, 7) is 10.9. The minimum Gasteiger partial charge on any atom is -0.500 e. The zero-order chi connectivity index (χ0) is 49.7. The Labute approximate surface area is 406 Å². The van der Waals surface area contributed by atoms with E-state index in [0.29, 0.717) is 33.7 Å². The van der Waals surface area contributed by atoms with E-state index in [1.165, 1.54) is 33.9 Å². The maximum atomic E-state index is 8.61. The number of hydrogen-bond acceptors (Lipinski definition) is 3. The van der Waals surface area contributed by atoms with E-state index in [-0.39, 0.29) is 42.9 Å². The Balaban J connectivity index is 0.000000271. The van der Waals surface area contributed by atoms with E-state index in [0.717, 1.165) is 44.3 Å². The Morgan fingerprint density at radius 2 is 1.34 bits per heavy atom. The van der Waals surface area contributed by atoms with Crippen LogP contribution in [0.5, 0.6) is 0 Å². The molecule has 0 atom stereocenters. The second-order valence-corrected chi connectivity index (χ2v) is 18.0. The van der Waals surface area contributed by atoms with Crippen LogP contribution in [-0.2, 0) is 25.5 Å². The molecule has 0 aliphatic heterocycles. The van der Waals surface area contributed by atoms with Gasteiger partial charge in [0.1, 0.15) is 5.58 Å².